The van der Waals surface area contributed by atoms with E-state index in [0.29, 0.717) is 5.82 Å². The van der Waals surface area contributed by atoms with Crippen LogP contribution in [0.4, 0.5) is 0 Å². The zero-order valence-electron chi connectivity index (χ0n) is 14.1. The van der Waals surface area contributed by atoms with Crippen molar-refractivity contribution < 1.29 is 5.11 Å². The maximum Gasteiger partial charge on any atom is 0.142 e. The molecule has 0 amide bonds. The molecule has 0 fully saturated rings. The summed E-state index contributed by atoms with van der Waals surface area (Å²) in [5.74, 6) is 1.65. The third-order valence-electron chi connectivity index (χ3n) is 4.52. The number of para-hydroxylation sites is 2. The smallest absolute Gasteiger partial charge is 0.142 e. The molecule has 0 aliphatic rings. The number of aliphatic hydroxyl groups is 1. The van der Waals surface area contributed by atoms with E-state index in [1.165, 1.54) is 0 Å². The van der Waals surface area contributed by atoms with Crippen molar-refractivity contribution in [2.24, 2.45) is 0 Å². The topological polar surface area (TPSA) is 55.9 Å². The van der Waals surface area contributed by atoms with Crippen molar-refractivity contribution in [3.63, 3.8) is 0 Å². The molecule has 2 aromatic carbocycles. The summed E-state index contributed by atoms with van der Waals surface area (Å²) in [6, 6.07) is 17.8. The van der Waals surface area contributed by atoms with Gasteiger partial charge in [-0.3, -0.25) is 0 Å². The van der Waals surface area contributed by atoms with Gasteiger partial charge in [-0.05, 0) is 24.6 Å². The molecule has 4 rings (SSSR count). The first-order chi connectivity index (χ1) is 12.2. The lowest BCUT2D eigenvalue weighted by Gasteiger charge is -2.14. The molecule has 25 heavy (non-hydrogen) atoms. The van der Waals surface area contributed by atoms with E-state index in [0.717, 1.165) is 35.5 Å². The lowest BCUT2D eigenvalue weighted by atomic mass is 10.1. The molecule has 0 bridgehead atoms. The fraction of sp³-hybridized carbons (Fsp3) is 0.200. The predicted molar refractivity (Wildman–Crippen MR) is 97.2 cm³/mol. The molecule has 1 atom stereocenters. The second-order valence-electron chi connectivity index (χ2n) is 6.09. The number of imidazole rings is 2. The Morgan fingerprint density at radius 3 is 2.60 bits per heavy atom. The third-order valence-corrected chi connectivity index (χ3v) is 4.52. The number of aryl methyl sites for hydroxylation is 3. The minimum Gasteiger partial charge on any atom is -0.380 e. The van der Waals surface area contributed by atoms with Crippen molar-refractivity contribution in [2.75, 3.05) is 0 Å². The van der Waals surface area contributed by atoms with Gasteiger partial charge in [-0.2, -0.15) is 0 Å². The van der Waals surface area contributed by atoms with E-state index in [-0.39, 0.29) is 0 Å². The van der Waals surface area contributed by atoms with Gasteiger partial charge < -0.3 is 14.2 Å². The maximum absolute atomic E-state index is 10.6. The van der Waals surface area contributed by atoms with Crippen molar-refractivity contribution in [1.82, 2.24) is 19.1 Å². The fourth-order valence-electron chi connectivity index (χ4n) is 3.23. The van der Waals surface area contributed by atoms with Crippen LogP contribution in [-0.4, -0.2) is 24.2 Å². The van der Waals surface area contributed by atoms with Gasteiger partial charge in [0.15, 0.2) is 0 Å². The third kappa shape index (κ3) is 2.94. The standard InChI is InChI=1S/C20H20N4O/c1-15-22-17-9-5-6-10-18(17)24(15)14-13-23-12-11-21-20(23)19(25)16-7-3-2-4-8-16/h2-12,19,25H,13-14H2,1H3. The molecule has 2 aromatic heterocycles. The molecule has 5 heteroatoms. The quantitative estimate of drug-likeness (QED) is 0.610. The first kappa shape index (κ1) is 15.6. The minimum absolute atomic E-state index is 0.660. The summed E-state index contributed by atoms with van der Waals surface area (Å²) in [4.78, 5) is 8.97. The highest BCUT2D eigenvalue weighted by Gasteiger charge is 2.16. The number of fused-ring (bicyclic) bond motifs is 1. The summed E-state index contributed by atoms with van der Waals surface area (Å²) in [5, 5.41) is 10.6. The Kier molecular flexibility index (Phi) is 4.07. The van der Waals surface area contributed by atoms with Gasteiger partial charge in [-0.1, -0.05) is 42.5 Å². The second kappa shape index (κ2) is 6.53. The van der Waals surface area contributed by atoms with E-state index >= 15 is 0 Å². The number of rotatable bonds is 5. The number of hydrogen-bond donors (Lipinski definition) is 1. The summed E-state index contributed by atoms with van der Waals surface area (Å²) in [7, 11) is 0. The van der Waals surface area contributed by atoms with Crippen LogP contribution in [0.5, 0.6) is 0 Å². The van der Waals surface area contributed by atoms with Crippen molar-refractivity contribution in [3.8, 4) is 0 Å². The number of aromatic nitrogens is 4. The largest absolute Gasteiger partial charge is 0.380 e. The molecule has 2 heterocycles. The monoisotopic (exact) mass is 332 g/mol. The molecule has 0 saturated carbocycles. The van der Waals surface area contributed by atoms with Gasteiger partial charge in [0.1, 0.15) is 17.8 Å². The maximum atomic E-state index is 10.6. The van der Waals surface area contributed by atoms with E-state index in [1.54, 1.807) is 6.20 Å². The van der Waals surface area contributed by atoms with Crippen molar-refractivity contribution in [1.29, 1.82) is 0 Å². The number of benzene rings is 2. The van der Waals surface area contributed by atoms with Crippen LogP contribution in [0, 0.1) is 6.92 Å². The zero-order valence-corrected chi connectivity index (χ0v) is 14.1. The van der Waals surface area contributed by atoms with Gasteiger partial charge >= 0.3 is 0 Å². The first-order valence-corrected chi connectivity index (χ1v) is 8.40. The molecule has 0 aliphatic carbocycles. The average Bonchev–Trinajstić information content (AvgIpc) is 3.23. The minimum atomic E-state index is -0.725. The molecule has 5 nitrogen and oxygen atoms in total. The summed E-state index contributed by atoms with van der Waals surface area (Å²) in [6.45, 7) is 3.52. The Balaban J connectivity index is 1.58. The van der Waals surface area contributed by atoms with Crippen LogP contribution in [0.3, 0.4) is 0 Å². The summed E-state index contributed by atoms with van der Waals surface area (Å²) >= 11 is 0. The number of nitrogens with zero attached hydrogens (tertiary/aromatic N) is 4. The highest BCUT2D eigenvalue weighted by Crippen LogP contribution is 2.21. The predicted octanol–water partition coefficient (Wildman–Crippen LogP) is 3.32. The summed E-state index contributed by atoms with van der Waals surface area (Å²) in [5.41, 5.74) is 2.99. The van der Waals surface area contributed by atoms with E-state index < -0.39 is 6.10 Å². The van der Waals surface area contributed by atoms with Gasteiger partial charge in [0.05, 0.1) is 11.0 Å². The lowest BCUT2D eigenvalue weighted by molar-refractivity contribution is 0.204. The average molecular weight is 332 g/mol. The van der Waals surface area contributed by atoms with E-state index in [9.17, 15) is 5.11 Å². The highest BCUT2D eigenvalue weighted by atomic mass is 16.3. The molecule has 1 N–H and O–H groups in total. The van der Waals surface area contributed by atoms with Gasteiger partial charge in [0, 0.05) is 25.5 Å². The fourth-order valence-corrected chi connectivity index (χ4v) is 3.23. The van der Waals surface area contributed by atoms with Crippen LogP contribution in [0.25, 0.3) is 11.0 Å². The highest BCUT2D eigenvalue weighted by molar-refractivity contribution is 5.75. The molecule has 126 valence electrons. The normalized spacial score (nSPS) is 12.6. The Bertz CT molecular complexity index is 987. The van der Waals surface area contributed by atoms with Gasteiger partial charge in [-0.25, -0.2) is 9.97 Å². The van der Waals surface area contributed by atoms with E-state index in [1.807, 2.05) is 66.2 Å². The SMILES string of the molecule is Cc1nc2ccccc2n1CCn1ccnc1C(O)c1ccccc1. The van der Waals surface area contributed by atoms with Gasteiger partial charge in [0.2, 0.25) is 0 Å². The lowest BCUT2D eigenvalue weighted by Crippen LogP contribution is -2.14. The van der Waals surface area contributed by atoms with Gasteiger partial charge in [-0.15, -0.1) is 0 Å². The summed E-state index contributed by atoms with van der Waals surface area (Å²) < 4.78 is 4.21. The van der Waals surface area contributed by atoms with Crippen LogP contribution in [0.15, 0.2) is 67.0 Å². The molecule has 0 spiro atoms. The van der Waals surface area contributed by atoms with Crippen molar-refractivity contribution >= 4 is 11.0 Å². The van der Waals surface area contributed by atoms with E-state index in [2.05, 4.69) is 20.6 Å². The van der Waals surface area contributed by atoms with Crippen LogP contribution < -0.4 is 0 Å². The molecule has 4 aromatic rings. The Morgan fingerprint density at radius 2 is 1.76 bits per heavy atom. The molecule has 1 unspecified atom stereocenters. The second-order valence-corrected chi connectivity index (χ2v) is 6.09. The van der Waals surface area contributed by atoms with Crippen LogP contribution in [0.2, 0.25) is 0 Å². The Morgan fingerprint density at radius 1 is 1.00 bits per heavy atom. The number of hydrogen-bond acceptors (Lipinski definition) is 3. The van der Waals surface area contributed by atoms with E-state index in [4.69, 9.17) is 0 Å². The Hall–Kier alpha value is -2.92. The molecule has 0 saturated heterocycles. The van der Waals surface area contributed by atoms with Crippen LogP contribution >= 0.6 is 0 Å². The molecule has 0 aliphatic heterocycles. The summed E-state index contributed by atoms with van der Waals surface area (Å²) in [6.07, 6.45) is 2.92. The molecular formula is C20H20N4O. The molecular weight excluding hydrogens is 312 g/mol. The zero-order chi connectivity index (χ0) is 17.2. The Labute approximate surface area is 146 Å². The van der Waals surface area contributed by atoms with Gasteiger partial charge in [0.25, 0.3) is 0 Å². The number of aliphatic hydroxyl groups excluding tert-OH is 1. The van der Waals surface area contributed by atoms with Crippen molar-refractivity contribution in [2.45, 2.75) is 26.1 Å². The first-order valence-electron chi connectivity index (χ1n) is 8.40. The van der Waals surface area contributed by atoms with Crippen molar-refractivity contribution in [3.05, 3.63) is 84.2 Å². The van der Waals surface area contributed by atoms with Crippen LogP contribution in [0.1, 0.15) is 23.3 Å². The van der Waals surface area contributed by atoms with Crippen LogP contribution in [-0.2, 0) is 13.1 Å². The molecule has 0 radical (unpaired) electrons.